The Hall–Kier alpha value is -1.65. The molecule has 0 spiro atoms. The maximum absolute atomic E-state index is 13.2. The van der Waals surface area contributed by atoms with Gasteiger partial charge in [-0.2, -0.15) is 0 Å². The summed E-state index contributed by atoms with van der Waals surface area (Å²) in [4.78, 5) is 11.8. The molecule has 2 rings (SSSR count). The minimum atomic E-state index is -0.747. The number of carbonyl (C=O) groups excluding carboxylic acids is 1. The van der Waals surface area contributed by atoms with E-state index in [1.54, 1.807) is 0 Å². The van der Waals surface area contributed by atoms with E-state index in [0.717, 1.165) is 0 Å². The van der Waals surface area contributed by atoms with Gasteiger partial charge in [0.2, 0.25) is 0 Å². The fourth-order valence-corrected chi connectivity index (χ4v) is 1.92. The highest BCUT2D eigenvalue weighted by Gasteiger charge is 2.11. The number of halogens is 4. The van der Waals surface area contributed by atoms with E-state index in [4.69, 9.17) is 23.2 Å². The highest BCUT2D eigenvalue weighted by atomic mass is 35.5. The van der Waals surface area contributed by atoms with Crippen LogP contribution >= 0.6 is 23.2 Å². The highest BCUT2D eigenvalue weighted by molar-refractivity contribution is 6.35. The average molecular weight is 302 g/mol. The topological polar surface area (TPSA) is 29.1 Å². The number of carbonyl (C=O) groups is 1. The molecule has 0 fully saturated rings. The summed E-state index contributed by atoms with van der Waals surface area (Å²) in [5.41, 5.74) is 0.517. The second-order valence-electron chi connectivity index (χ2n) is 3.71. The summed E-state index contributed by atoms with van der Waals surface area (Å²) < 4.78 is 25.9. The zero-order valence-corrected chi connectivity index (χ0v) is 10.9. The van der Waals surface area contributed by atoms with Crippen LogP contribution in [0.1, 0.15) is 10.4 Å². The molecular formula is C13H7Cl2F2NO. The molecule has 0 aliphatic heterocycles. The van der Waals surface area contributed by atoms with E-state index >= 15 is 0 Å². The van der Waals surface area contributed by atoms with Crippen LogP contribution in [-0.2, 0) is 0 Å². The molecule has 1 amide bonds. The first-order valence-corrected chi connectivity index (χ1v) is 5.94. The van der Waals surface area contributed by atoms with Crippen molar-refractivity contribution in [3.63, 3.8) is 0 Å². The second kappa shape index (κ2) is 5.55. The van der Waals surface area contributed by atoms with Crippen molar-refractivity contribution in [3.05, 3.63) is 63.6 Å². The van der Waals surface area contributed by atoms with Gasteiger partial charge in [0.1, 0.15) is 5.82 Å². The van der Waals surface area contributed by atoms with E-state index in [0.29, 0.717) is 0 Å². The highest BCUT2D eigenvalue weighted by Crippen LogP contribution is 2.27. The molecule has 0 aromatic heterocycles. The first-order valence-electron chi connectivity index (χ1n) is 5.19. The van der Waals surface area contributed by atoms with Gasteiger partial charge < -0.3 is 5.32 Å². The fourth-order valence-electron chi connectivity index (χ4n) is 1.43. The van der Waals surface area contributed by atoms with Gasteiger partial charge in [-0.15, -0.1) is 0 Å². The largest absolute Gasteiger partial charge is 0.322 e. The van der Waals surface area contributed by atoms with E-state index in [-0.39, 0.29) is 21.3 Å². The van der Waals surface area contributed by atoms with Crippen LogP contribution in [0.25, 0.3) is 0 Å². The Morgan fingerprint density at radius 3 is 2.05 bits per heavy atom. The van der Waals surface area contributed by atoms with Gasteiger partial charge in [-0.05, 0) is 36.4 Å². The molecule has 0 aliphatic carbocycles. The van der Waals surface area contributed by atoms with Gasteiger partial charge in [0.05, 0.1) is 10.0 Å². The molecule has 0 unspecified atom stereocenters. The number of rotatable bonds is 2. The quantitative estimate of drug-likeness (QED) is 0.812. The van der Waals surface area contributed by atoms with Gasteiger partial charge in [0.15, 0.2) is 5.82 Å². The van der Waals surface area contributed by atoms with Gasteiger partial charge in [0.25, 0.3) is 5.91 Å². The second-order valence-corrected chi connectivity index (χ2v) is 4.53. The maximum Gasteiger partial charge on any atom is 0.255 e. The van der Waals surface area contributed by atoms with Crippen LogP contribution < -0.4 is 5.32 Å². The molecule has 0 saturated heterocycles. The zero-order valence-electron chi connectivity index (χ0n) is 9.38. The van der Waals surface area contributed by atoms with Crippen LogP contribution in [0.2, 0.25) is 10.0 Å². The van der Waals surface area contributed by atoms with Crippen LogP contribution in [0.15, 0.2) is 36.4 Å². The maximum atomic E-state index is 13.2. The van der Waals surface area contributed by atoms with Crippen molar-refractivity contribution in [2.24, 2.45) is 0 Å². The van der Waals surface area contributed by atoms with Gasteiger partial charge in [-0.3, -0.25) is 4.79 Å². The predicted molar refractivity (Wildman–Crippen MR) is 70.8 cm³/mol. The van der Waals surface area contributed by atoms with Crippen LogP contribution in [0.5, 0.6) is 0 Å². The molecule has 0 aliphatic rings. The normalized spacial score (nSPS) is 10.3. The molecule has 0 heterocycles. The Bertz CT molecular complexity index is 606. The Kier molecular flexibility index (Phi) is 4.02. The zero-order chi connectivity index (χ0) is 14.0. The third-order valence-electron chi connectivity index (χ3n) is 2.35. The van der Waals surface area contributed by atoms with Gasteiger partial charge >= 0.3 is 0 Å². The molecule has 2 aromatic carbocycles. The Morgan fingerprint density at radius 1 is 1.00 bits per heavy atom. The molecule has 0 atom stereocenters. The lowest BCUT2D eigenvalue weighted by Gasteiger charge is -2.07. The summed E-state index contributed by atoms with van der Waals surface area (Å²) in [5, 5.41) is 2.10. The van der Waals surface area contributed by atoms with E-state index in [1.807, 2.05) is 0 Å². The molecule has 0 radical (unpaired) electrons. The molecule has 0 bridgehead atoms. The lowest BCUT2D eigenvalue weighted by molar-refractivity contribution is 0.102. The minimum Gasteiger partial charge on any atom is -0.322 e. The van der Waals surface area contributed by atoms with Crippen LogP contribution in [0, 0.1) is 11.6 Å². The van der Waals surface area contributed by atoms with Crippen LogP contribution in [0.3, 0.4) is 0 Å². The molecule has 0 saturated carbocycles. The van der Waals surface area contributed by atoms with E-state index in [1.165, 1.54) is 36.4 Å². The Morgan fingerprint density at radius 2 is 1.53 bits per heavy atom. The van der Waals surface area contributed by atoms with Crippen LogP contribution in [-0.4, -0.2) is 5.91 Å². The molecular weight excluding hydrogens is 295 g/mol. The van der Waals surface area contributed by atoms with Crippen molar-refractivity contribution in [2.45, 2.75) is 0 Å². The first kappa shape index (κ1) is 13.8. The van der Waals surface area contributed by atoms with Gasteiger partial charge in [0, 0.05) is 11.3 Å². The van der Waals surface area contributed by atoms with Crippen molar-refractivity contribution in [3.8, 4) is 0 Å². The van der Waals surface area contributed by atoms with Gasteiger partial charge in [-0.1, -0.05) is 23.2 Å². The average Bonchev–Trinajstić information content (AvgIpc) is 2.36. The first-order chi connectivity index (χ1) is 8.97. The summed E-state index contributed by atoms with van der Waals surface area (Å²) in [6.45, 7) is 0. The monoisotopic (exact) mass is 301 g/mol. The lowest BCUT2D eigenvalue weighted by atomic mass is 10.2. The Labute approximate surface area is 118 Å². The van der Waals surface area contributed by atoms with E-state index in [2.05, 4.69) is 5.32 Å². The lowest BCUT2D eigenvalue weighted by Crippen LogP contribution is -2.12. The van der Waals surface area contributed by atoms with Crippen molar-refractivity contribution >= 4 is 34.8 Å². The Balaban J connectivity index is 2.22. The molecule has 2 nitrogen and oxygen atoms in total. The van der Waals surface area contributed by atoms with Crippen LogP contribution in [0.4, 0.5) is 14.5 Å². The van der Waals surface area contributed by atoms with Gasteiger partial charge in [-0.25, -0.2) is 8.78 Å². The molecule has 98 valence electrons. The fraction of sp³-hybridized carbons (Fsp3) is 0. The summed E-state index contributed by atoms with van der Waals surface area (Å²) in [6.07, 6.45) is 0. The number of hydrogen-bond acceptors (Lipinski definition) is 1. The smallest absolute Gasteiger partial charge is 0.255 e. The van der Waals surface area contributed by atoms with E-state index < -0.39 is 17.5 Å². The summed E-state index contributed by atoms with van der Waals surface area (Å²) in [7, 11) is 0. The number of nitrogens with one attached hydrogen (secondary N) is 1. The van der Waals surface area contributed by atoms with Crippen molar-refractivity contribution in [1.82, 2.24) is 0 Å². The molecule has 2 aromatic rings. The third-order valence-corrected chi connectivity index (χ3v) is 2.90. The molecule has 1 N–H and O–H groups in total. The summed E-state index contributed by atoms with van der Waals surface area (Å²) >= 11 is 11.2. The third kappa shape index (κ3) is 3.22. The number of benzene rings is 2. The molecule has 19 heavy (non-hydrogen) atoms. The summed E-state index contributed by atoms with van der Waals surface area (Å²) in [5.74, 6) is -1.66. The number of hydrogen-bond donors (Lipinski definition) is 1. The van der Waals surface area contributed by atoms with E-state index in [9.17, 15) is 13.6 Å². The SMILES string of the molecule is O=C(Nc1cc(Cl)c(F)c(Cl)c1)c1ccc(F)cc1. The van der Waals surface area contributed by atoms with Crippen molar-refractivity contribution < 1.29 is 13.6 Å². The van der Waals surface area contributed by atoms with Crippen molar-refractivity contribution in [2.75, 3.05) is 5.32 Å². The minimum absolute atomic E-state index is 0.193. The predicted octanol–water partition coefficient (Wildman–Crippen LogP) is 4.52. The standard InChI is InChI=1S/C13H7Cl2F2NO/c14-10-5-9(6-11(15)12(10)17)18-13(19)7-1-3-8(16)4-2-7/h1-6H,(H,18,19). The molecule has 6 heteroatoms. The van der Waals surface area contributed by atoms with Crippen molar-refractivity contribution in [1.29, 1.82) is 0 Å². The number of anilines is 1. The number of amides is 1. The summed E-state index contributed by atoms with van der Waals surface area (Å²) in [6, 6.07) is 7.47.